The number of nitrogens with two attached hydrogens (primary N) is 1. The Bertz CT molecular complexity index is 806. The third-order valence-corrected chi connectivity index (χ3v) is 3.99. The first-order valence-electron chi connectivity index (χ1n) is 6.69. The lowest BCUT2D eigenvalue weighted by molar-refractivity contribution is 0.325. The van der Waals surface area contributed by atoms with E-state index in [2.05, 4.69) is 15.3 Å². The molecule has 0 saturated carbocycles. The van der Waals surface area contributed by atoms with Gasteiger partial charge in [-0.3, -0.25) is 0 Å². The van der Waals surface area contributed by atoms with E-state index in [1.165, 1.54) is 6.33 Å². The minimum Gasteiger partial charge on any atom is -0.383 e. The van der Waals surface area contributed by atoms with Crippen LogP contribution < -0.4 is 11.1 Å². The highest BCUT2D eigenvalue weighted by molar-refractivity contribution is 6.30. The predicted molar refractivity (Wildman–Crippen MR) is 82.1 cm³/mol. The molecule has 3 heterocycles. The molecule has 0 amide bonds. The number of aromatic nitrogens is 4. The summed E-state index contributed by atoms with van der Waals surface area (Å²) in [4.78, 5) is 8.46. The van der Waals surface area contributed by atoms with Gasteiger partial charge in [-0.15, -0.1) is 0 Å². The zero-order chi connectivity index (χ0) is 14.4. The molecular weight excluding hydrogens is 288 g/mol. The van der Waals surface area contributed by atoms with Crippen molar-refractivity contribution < 1.29 is 0 Å². The van der Waals surface area contributed by atoms with Crippen LogP contribution in [0.15, 0.2) is 30.6 Å². The van der Waals surface area contributed by atoms with Crippen LogP contribution in [0.2, 0.25) is 5.02 Å². The number of nitrogens with zero attached hydrogens (tertiary/aromatic N) is 4. The molecule has 0 atom stereocenters. The molecule has 1 fully saturated rings. The second kappa shape index (κ2) is 4.68. The van der Waals surface area contributed by atoms with E-state index in [0.717, 1.165) is 35.4 Å². The zero-order valence-electron chi connectivity index (χ0n) is 11.1. The molecule has 3 aromatic rings. The molecule has 0 spiro atoms. The fourth-order valence-corrected chi connectivity index (χ4v) is 2.63. The third-order valence-electron chi connectivity index (χ3n) is 3.74. The largest absolute Gasteiger partial charge is 0.383 e. The Labute approximate surface area is 125 Å². The molecule has 3 N–H and O–H groups in total. The van der Waals surface area contributed by atoms with Gasteiger partial charge in [0, 0.05) is 23.7 Å². The van der Waals surface area contributed by atoms with Crippen molar-refractivity contribution in [2.45, 2.75) is 6.04 Å². The summed E-state index contributed by atoms with van der Waals surface area (Å²) in [6.45, 7) is 1.78. The summed E-state index contributed by atoms with van der Waals surface area (Å²) >= 11 is 5.95. The van der Waals surface area contributed by atoms with Crippen molar-refractivity contribution in [2.75, 3.05) is 18.8 Å². The van der Waals surface area contributed by atoms with E-state index < -0.39 is 0 Å². The molecule has 6 nitrogen and oxygen atoms in total. The van der Waals surface area contributed by atoms with Gasteiger partial charge in [-0.2, -0.15) is 5.10 Å². The smallest absolute Gasteiger partial charge is 0.164 e. The van der Waals surface area contributed by atoms with Crippen molar-refractivity contribution in [1.29, 1.82) is 0 Å². The highest BCUT2D eigenvalue weighted by Crippen LogP contribution is 2.32. The number of benzene rings is 1. The van der Waals surface area contributed by atoms with Crippen molar-refractivity contribution >= 4 is 28.5 Å². The molecule has 0 radical (unpaired) electrons. The number of fused-ring (bicyclic) bond motifs is 1. The first kappa shape index (κ1) is 12.6. The Balaban J connectivity index is 1.97. The van der Waals surface area contributed by atoms with E-state index in [9.17, 15) is 0 Å². The van der Waals surface area contributed by atoms with Gasteiger partial charge in [0.2, 0.25) is 0 Å². The Morgan fingerprint density at radius 2 is 1.95 bits per heavy atom. The topological polar surface area (TPSA) is 81.7 Å². The summed E-state index contributed by atoms with van der Waals surface area (Å²) in [5.41, 5.74) is 8.58. The van der Waals surface area contributed by atoms with Crippen LogP contribution in [0.5, 0.6) is 0 Å². The molecule has 4 rings (SSSR count). The van der Waals surface area contributed by atoms with Crippen molar-refractivity contribution in [2.24, 2.45) is 0 Å². The Morgan fingerprint density at radius 3 is 2.62 bits per heavy atom. The maximum atomic E-state index is 6.05. The van der Waals surface area contributed by atoms with Gasteiger partial charge in [-0.1, -0.05) is 23.7 Å². The van der Waals surface area contributed by atoms with E-state index >= 15 is 0 Å². The summed E-state index contributed by atoms with van der Waals surface area (Å²) in [5.74, 6) is 0.448. The summed E-state index contributed by atoms with van der Waals surface area (Å²) in [5, 5.41) is 9.45. The van der Waals surface area contributed by atoms with Gasteiger partial charge in [0.1, 0.15) is 17.8 Å². The second-order valence-corrected chi connectivity index (χ2v) is 5.51. The minimum atomic E-state index is 0.308. The van der Waals surface area contributed by atoms with E-state index in [4.69, 9.17) is 22.4 Å². The van der Waals surface area contributed by atoms with Crippen LogP contribution in [0, 0.1) is 0 Å². The van der Waals surface area contributed by atoms with Gasteiger partial charge in [-0.05, 0) is 12.1 Å². The molecule has 1 saturated heterocycles. The molecule has 21 heavy (non-hydrogen) atoms. The second-order valence-electron chi connectivity index (χ2n) is 5.07. The van der Waals surface area contributed by atoms with Gasteiger partial charge >= 0.3 is 0 Å². The molecule has 1 aromatic carbocycles. The molecule has 1 aliphatic rings. The first-order chi connectivity index (χ1) is 10.2. The van der Waals surface area contributed by atoms with Crippen molar-refractivity contribution in [3.8, 4) is 11.3 Å². The standard InChI is InChI=1S/C14H13ClN6/c15-9-3-1-8(2-4-9)12-11-13(16)18-7-19-14(11)21(20-12)10-5-17-6-10/h1-4,7,10,17H,5-6H2,(H2,16,18,19). The molecule has 0 aliphatic carbocycles. The summed E-state index contributed by atoms with van der Waals surface area (Å²) in [7, 11) is 0. The van der Waals surface area contributed by atoms with Gasteiger partial charge in [0.25, 0.3) is 0 Å². The molecule has 7 heteroatoms. The molecule has 106 valence electrons. The van der Waals surface area contributed by atoms with E-state index in [-0.39, 0.29) is 0 Å². The molecular formula is C14H13ClN6. The van der Waals surface area contributed by atoms with Gasteiger partial charge in [-0.25, -0.2) is 14.6 Å². The number of hydrogen-bond donors (Lipinski definition) is 2. The summed E-state index contributed by atoms with van der Waals surface area (Å²) in [6.07, 6.45) is 1.48. The number of nitrogen functional groups attached to an aromatic ring is 1. The van der Waals surface area contributed by atoms with Crippen LogP contribution in [0.25, 0.3) is 22.3 Å². The highest BCUT2D eigenvalue weighted by Gasteiger charge is 2.25. The monoisotopic (exact) mass is 300 g/mol. The van der Waals surface area contributed by atoms with Crippen LogP contribution >= 0.6 is 11.6 Å². The number of halogens is 1. The highest BCUT2D eigenvalue weighted by atomic mass is 35.5. The number of nitrogens with one attached hydrogen (secondary N) is 1. The average molecular weight is 301 g/mol. The maximum Gasteiger partial charge on any atom is 0.164 e. The third kappa shape index (κ3) is 1.95. The Hall–Kier alpha value is -2.18. The number of anilines is 1. The van der Waals surface area contributed by atoms with Crippen LogP contribution in [0.3, 0.4) is 0 Å². The SMILES string of the molecule is Nc1ncnc2c1c(-c1ccc(Cl)cc1)nn2C1CNC1. The quantitative estimate of drug-likeness (QED) is 0.755. The lowest BCUT2D eigenvalue weighted by Gasteiger charge is -2.27. The van der Waals surface area contributed by atoms with E-state index in [1.807, 2.05) is 28.9 Å². The van der Waals surface area contributed by atoms with Gasteiger partial charge in [0.05, 0.1) is 11.4 Å². The molecule has 0 unspecified atom stereocenters. The number of hydrogen-bond acceptors (Lipinski definition) is 5. The fraction of sp³-hybridized carbons (Fsp3) is 0.214. The Kier molecular flexibility index (Phi) is 2.80. The average Bonchev–Trinajstić information content (AvgIpc) is 2.79. The molecule has 2 aromatic heterocycles. The minimum absolute atomic E-state index is 0.308. The number of rotatable bonds is 2. The fourth-order valence-electron chi connectivity index (χ4n) is 2.51. The van der Waals surface area contributed by atoms with Crippen molar-refractivity contribution in [3.05, 3.63) is 35.6 Å². The first-order valence-corrected chi connectivity index (χ1v) is 7.07. The van der Waals surface area contributed by atoms with Gasteiger partial charge < -0.3 is 11.1 Å². The lowest BCUT2D eigenvalue weighted by atomic mass is 10.1. The molecule has 0 bridgehead atoms. The van der Waals surface area contributed by atoms with Crippen molar-refractivity contribution in [1.82, 2.24) is 25.1 Å². The van der Waals surface area contributed by atoms with Crippen LogP contribution in [0.1, 0.15) is 6.04 Å². The van der Waals surface area contributed by atoms with Crippen molar-refractivity contribution in [3.63, 3.8) is 0 Å². The summed E-state index contributed by atoms with van der Waals surface area (Å²) < 4.78 is 1.94. The van der Waals surface area contributed by atoms with E-state index in [1.54, 1.807) is 0 Å². The van der Waals surface area contributed by atoms with Gasteiger partial charge in [0.15, 0.2) is 5.65 Å². The summed E-state index contributed by atoms with van der Waals surface area (Å²) in [6, 6.07) is 7.85. The lowest BCUT2D eigenvalue weighted by Crippen LogP contribution is -2.43. The molecule has 1 aliphatic heterocycles. The predicted octanol–water partition coefficient (Wildman–Crippen LogP) is 1.87. The normalized spacial score (nSPS) is 15.3. The van der Waals surface area contributed by atoms with Crippen LogP contribution in [0.4, 0.5) is 5.82 Å². The Morgan fingerprint density at radius 1 is 1.19 bits per heavy atom. The van der Waals surface area contributed by atoms with Crippen LogP contribution in [-0.2, 0) is 0 Å². The van der Waals surface area contributed by atoms with Crippen LogP contribution in [-0.4, -0.2) is 32.8 Å². The zero-order valence-corrected chi connectivity index (χ0v) is 11.9. The van der Waals surface area contributed by atoms with E-state index in [0.29, 0.717) is 16.9 Å². The maximum absolute atomic E-state index is 6.05.